The fourth-order valence-electron chi connectivity index (χ4n) is 4.28. The number of carbonyl (C=O) groups is 2. The van der Waals surface area contributed by atoms with Crippen LogP contribution < -0.4 is 0 Å². The number of carbonyl (C=O) groups excluding carboxylic acids is 2. The van der Waals surface area contributed by atoms with Crippen molar-refractivity contribution in [3.8, 4) is 0 Å². The molecule has 0 aliphatic heterocycles. The molecule has 0 spiro atoms. The van der Waals surface area contributed by atoms with Gasteiger partial charge >= 0.3 is 5.97 Å². The molecule has 3 nitrogen and oxygen atoms in total. The number of hydrogen-bond acceptors (Lipinski definition) is 3. The number of rotatable bonds is 5. The van der Waals surface area contributed by atoms with E-state index in [0.717, 1.165) is 28.7 Å². The largest absolute Gasteiger partial charge is 0.465 e. The molecule has 29 heavy (non-hydrogen) atoms. The van der Waals surface area contributed by atoms with E-state index >= 15 is 0 Å². The first-order chi connectivity index (χ1) is 13.9. The molecule has 0 saturated carbocycles. The lowest BCUT2D eigenvalue weighted by Crippen LogP contribution is -2.45. The van der Waals surface area contributed by atoms with E-state index in [1.54, 1.807) is 13.8 Å². The topological polar surface area (TPSA) is 43.4 Å². The van der Waals surface area contributed by atoms with Gasteiger partial charge in [-0.05, 0) is 49.5 Å². The molecule has 3 rings (SSSR count). The van der Waals surface area contributed by atoms with Crippen molar-refractivity contribution in [2.45, 2.75) is 40.0 Å². The molecular weight excluding hydrogens is 360 g/mol. The van der Waals surface area contributed by atoms with Crippen molar-refractivity contribution < 1.29 is 14.3 Å². The van der Waals surface area contributed by atoms with Crippen LogP contribution in [0, 0.1) is 5.41 Å². The molecule has 0 fully saturated rings. The second-order valence-electron chi connectivity index (χ2n) is 7.53. The van der Waals surface area contributed by atoms with E-state index in [1.165, 1.54) is 0 Å². The van der Waals surface area contributed by atoms with Gasteiger partial charge in [-0.25, -0.2) is 0 Å². The zero-order valence-corrected chi connectivity index (χ0v) is 17.6. The monoisotopic (exact) mass is 388 g/mol. The van der Waals surface area contributed by atoms with Gasteiger partial charge in [-0.1, -0.05) is 79.2 Å². The Morgan fingerprint density at radius 3 is 2.17 bits per heavy atom. The van der Waals surface area contributed by atoms with Gasteiger partial charge in [0.1, 0.15) is 5.41 Å². The lowest BCUT2D eigenvalue weighted by molar-refractivity contribution is -0.155. The molecule has 0 unspecified atom stereocenters. The minimum absolute atomic E-state index is 0.145. The zero-order valence-electron chi connectivity index (χ0n) is 17.6. The Morgan fingerprint density at radius 2 is 1.62 bits per heavy atom. The van der Waals surface area contributed by atoms with Crippen LogP contribution in [-0.4, -0.2) is 18.4 Å². The Bertz CT molecular complexity index is 954. The molecule has 0 bridgehead atoms. The third-order valence-corrected chi connectivity index (χ3v) is 5.83. The number of hydrogen-bond donors (Lipinski definition) is 0. The second-order valence-corrected chi connectivity index (χ2v) is 7.53. The SMILES string of the molecule is CCOC(=O)[C@@]1(C)C(=O)C(C)=C(CC)[C@H](c2ccccc2)/C1=C/c1ccccc1. The van der Waals surface area contributed by atoms with Crippen LogP contribution in [0.15, 0.2) is 77.4 Å². The lowest BCUT2D eigenvalue weighted by atomic mass is 9.61. The average molecular weight is 389 g/mol. The van der Waals surface area contributed by atoms with E-state index in [-0.39, 0.29) is 18.3 Å². The Hall–Kier alpha value is -2.94. The molecule has 0 aromatic heterocycles. The predicted octanol–water partition coefficient (Wildman–Crippen LogP) is 5.73. The number of Topliss-reactive ketones (excluding diaryl/α,β-unsaturated/α-hetero) is 1. The first-order valence-electron chi connectivity index (χ1n) is 10.2. The summed E-state index contributed by atoms with van der Waals surface area (Å²) in [5.41, 5.74) is 3.19. The van der Waals surface area contributed by atoms with E-state index in [1.807, 2.05) is 61.5 Å². The van der Waals surface area contributed by atoms with E-state index in [0.29, 0.717) is 5.57 Å². The molecular formula is C26H28O3. The summed E-state index contributed by atoms with van der Waals surface area (Å²) in [4.78, 5) is 26.7. The second kappa shape index (κ2) is 8.60. The highest BCUT2D eigenvalue weighted by Crippen LogP contribution is 2.51. The molecule has 2 aromatic carbocycles. The van der Waals surface area contributed by atoms with Gasteiger partial charge in [0, 0.05) is 5.92 Å². The van der Waals surface area contributed by atoms with Crippen molar-refractivity contribution in [3.05, 3.63) is 88.5 Å². The van der Waals surface area contributed by atoms with Crippen LogP contribution in [0.3, 0.4) is 0 Å². The van der Waals surface area contributed by atoms with Crippen LogP contribution in [-0.2, 0) is 14.3 Å². The minimum Gasteiger partial charge on any atom is -0.465 e. The molecule has 0 N–H and O–H groups in total. The average Bonchev–Trinajstić information content (AvgIpc) is 2.75. The summed E-state index contributed by atoms with van der Waals surface area (Å²) in [6.07, 6.45) is 2.73. The normalized spacial score (nSPS) is 23.4. The Labute approximate surface area is 173 Å². The maximum absolute atomic E-state index is 13.5. The Kier molecular flexibility index (Phi) is 6.17. The number of esters is 1. The molecule has 0 radical (unpaired) electrons. The van der Waals surface area contributed by atoms with Gasteiger partial charge in [-0.2, -0.15) is 0 Å². The van der Waals surface area contributed by atoms with Gasteiger partial charge in [0.05, 0.1) is 6.61 Å². The van der Waals surface area contributed by atoms with E-state index in [9.17, 15) is 9.59 Å². The summed E-state index contributed by atoms with van der Waals surface area (Å²) in [7, 11) is 0. The van der Waals surface area contributed by atoms with Crippen molar-refractivity contribution in [3.63, 3.8) is 0 Å². The molecule has 0 amide bonds. The predicted molar refractivity (Wildman–Crippen MR) is 116 cm³/mol. The van der Waals surface area contributed by atoms with Crippen LogP contribution in [0.25, 0.3) is 6.08 Å². The number of benzene rings is 2. The lowest BCUT2D eigenvalue weighted by Gasteiger charge is -2.40. The number of ketones is 1. The highest BCUT2D eigenvalue weighted by Gasteiger charge is 2.52. The van der Waals surface area contributed by atoms with E-state index < -0.39 is 11.4 Å². The third-order valence-electron chi connectivity index (χ3n) is 5.83. The highest BCUT2D eigenvalue weighted by molar-refractivity contribution is 6.17. The van der Waals surface area contributed by atoms with Gasteiger partial charge in [-0.15, -0.1) is 0 Å². The fourth-order valence-corrected chi connectivity index (χ4v) is 4.28. The molecule has 1 aliphatic rings. The van der Waals surface area contributed by atoms with Gasteiger partial charge in [-0.3, -0.25) is 9.59 Å². The van der Waals surface area contributed by atoms with Crippen molar-refractivity contribution in [2.24, 2.45) is 5.41 Å². The van der Waals surface area contributed by atoms with Gasteiger partial charge in [0.15, 0.2) is 5.78 Å². The molecule has 0 saturated heterocycles. The standard InChI is InChI=1S/C26H28O3/c1-5-21-18(3)24(27)26(4,25(28)29-6-2)22(17-19-13-9-7-10-14-19)23(21)20-15-11-8-12-16-20/h7-17,23H,5-6H2,1-4H3/b22-17-/t23-,26+/m0/s1. The maximum Gasteiger partial charge on any atom is 0.323 e. The molecule has 2 aromatic rings. The summed E-state index contributed by atoms with van der Waals surface area (Å²) in [5, 5.41) is 0. The van der Waals surface area contributed by atoms with Crippen molar-refractivity contribution in [2.75, 3.05) is 6.61 Å². The Morgan fingerprint density at radius 1 is 1.03 bits per heavy atom. The maximum atomic E-state index is 13.5. The van der Waals surface area contributed by atoms with Crippen molar-refractivity contribution >= 4 is 17.8 Å². The smallest absolute Gasteiger partial charge is 0.323 e. The molecule has 0 heterocycles. The van der Waals surface area contributed by atoms with Crippen LogP contribution in [0.4, 0.5) is 0 Å². The molecule has 2 atom stereocenters. The summed E-state index contributed by atoms with van der Waals surface area (Å²) >= 11 is 0. The van der Waals surface area contributed by atoms with Crippen LogP contribution in [0.1, 0.15) is 51.2 Å². The van der Waals surface area contributed by atoms with Crippen LogP contribution in [0.5, 0.6) is 0 Å². The summed E-state index contributed by atoms with van der Waals surface area (Å²) < 4.78 is 5.40. The van der Waals surface area contributed by atoms with Crippen LogP contribution in [0.2, 0.25) is 0 Å². The first-order valence-corrected chi connectivity index (χ1v) is 10.2. The first kappa shape index (κ1) is 20.8. The Balaban J connectivity index is 2.34. The summed E-state index contributed by atoms with van der Waals surface area (Å²) in [6, 6.07) is 19.9. The van der Waals surface area contributed by atoms with Gasteiger partial charge in [0.25, 0.3) is 0 Å². The number of allylic oxidation sites excluding steroid dienone is 2. The van der Waals surface area contributed by atoms with Crippen LogP contribution >= 0.6 is 0 Å². The van der Waals surface area contributed by atoms with Crippen molar-refractivity contribution in [1.82, 2.24) is 0 Å². The summed E-state index contributed by atoms with van der Waals surface area (Å²) in [5.74, 6) is -0.793. The minimum atomic E-state index is -1.35. The zero-order chi connectivity index (χ0) is 21.0. The molecule has 1 aliphatic carbocycles. The highest BCUT2D eigenvalue weighted by atomic mass is 16.5. The number of ether oxygens (including phenoxy) is 1. The fraction of sp³-hybridized carbons (Fsp3) is 0.308. The molecule has 150 valence electrons. The van der Waals surface area contributed by atoms with Gasteiger partial charge < -0.3 is 4.74 Å². The van der Waals surface area contributed by atoms with E-state index in [2.05, 4.69) is 19.1 Å². The quantitative estimate of drug-likeness (QED) is 0.485. The third kappa shape index (κ3) is 3.69. The summed E-state index contributed by atoms with van der Waals surface area (Å²) in [6.45, 7) is 7.63. The van der Waals surface area contributed by atoms with E-state index in [4.69, 9.17) is 4.74 Å². The van der Waals surface area contributed by atoms with Gasteiger partial charge in [0.2, 0.25) is 0 Å². The van der Waals surface area contributed by atoms with Crippen molar-refractivity contribution in [1.29, 1.82) is 0 Å². The molecule has 3 heteroatoms.